The lowest BCUT2D eigenvalue weighted by atomic mass is 10.1. The van der Waals surface area contributed by atoms with E-state index >= 15 is 0 Å². The van der Waals surface area contributed by atoms with E-state index in [4.69, 9.17) is 0 Å². The highest BCUT2D eigenvalue weighted by atomic mass is 35.5. The summed E-state index contributed by atoms with van der Waals surface area (Å²) in [5.41, 5.74) is 0.655. The second-order valence-electron chi connectivity index (χ2n) is 7.46. The third-order valence-corrected chi connectivity index (χ3v) is 5.55. The molecule has 0 bridgehead atoms. The van der Waals surface area contributed by atoms with Gasteiger partial charge in [-0.15, -0.1) is 12.4 Å². The van der Waals surface area contributed by atoms with Gasteiger partial charge in [0.05, 0.1) is 0 Å². The second kappa shape index (κ2) is 11.3. The molecule has 0 spiro atoms. The number of benzene rings is 1. The van der Waals surface area contributed by atoms with Crippen LogP contribution in [0, 0.1) is 0 Å². The molecular weight excluding hydrogens is 362 g/mol. The van der Waals surface area contributed by atoms with Gasteiger partial charge >= 0.3 is 0 Å². The largest absolute Gasteiger partial charge is 0.353 e. The van der Waals surface area contributed by atoms with Gasteiger partial charge in [0, 0.05) is 31.2 Å². The number of carbonyl (C=O) groups excluding carboxylic acids is 2. The summed E-state index contributed by atoms with van der Waals surface area (Å²) in [4.78, 5) is 27.0. The smallest absolute Gasteiger partial charge is 0.254 e. The SMILES string of the molecule is Cl.O=C(NCCNC1CCCCCC1)C1CCCN1C(=O)c1ccccc1. The van der Waals surface area contributed by atoms with Gasteiger partial charge in [-0.25, -0.2) is 0 Å². The predicted molar refractivity (Wildman–Crippen MR) is 110 cm³/mol. The van der Waals surface area contributed by atoms with Crippen LogP contribution in [0.2, 0.25) is 0 Å². The quantitative estimate of drug-likeness (QED) is 0.576. The van der Waals surface area contributed by atoms with Gasteiger partial charge in [-0.05, 0) is 37.8 Å². The molecule has 2 aliphatic rings. The van der Waals surface area contributed by atoms with Crippen molar-refractivity contribution < 1.29 is 9.59 Å². The van der Waals surface area contributed by atoms with Crippen LogP contribution in [-0.4, -0.2) is 48.4 Å². The van der Waals surface area contributed by atoms with E-state index in [0.29, 0.717) is 24.7 Å². The Morgan fingerprint density at radius 2 is 1.63 bits per heavy atom. The van der Waals surface area contributed by atoms with E-state index in [1.54, 1.807) is 4.90 Å². The number of likely N-dealkylation sites (tertiary alicyclic amines) is 1. The van der Waals surface area contributed by atoms with Crippen molar-refractivity contribution in [1.82, 2.24) is 15.5 Å². The molecule has 1 atom stereocenters. The predicted octanol–water partition coefficient (Wildman–Crippen LogP) is 3.14. The van der Waals surface area contributed by atoms with Crippen LogP contribution >= 0.6 is 12.4 Å². The minimum Gasteiger partial charge on any atom is -0.353 e. The van der Waals surface area contributed by atoms with E-state index in [9.17, 15) is 9.59 Å². The maximum atomic E-state index is 12.7. The topological polar surface area (TPSA) is 61.4 Å². The summed E-state index contributed by atoms with van der Waals surface area (Å²) < 4.78 is 0. The lowest BCUT2D eigenvalue weighted by molar-refractivity contribution is -0.124. The molecule has 1 aliphatic heterocycles. The van der Waals surface area contributed by atoms with Crippen LogP contribution in [0.4, 0.5) is 0 Å². The number of halogens is 1. The first-order chi connectivity index (χ1) is 12.8. The maximum Gasteiger partial charge on any atom is 0.254 e. The summed E-state index contributed by atoms with van der Waals surface area (Å²) in [6.45, 7) is 2.08. The summed E-state index contributed by atoms with van der Waals surface area (Å²) in [6.07, 6.45) is 9.44. The highest BCUT2D eigenvalue weighted by molar-refractivity contribution is 5.97. The summed E-state index contributed by atoms with van der Waals surface area (Å²) in [7, 11) is 0. The molecule has 1 aromatic carbocycles. The van der Waals surface area contributed by atoms with Gasteiger partial charge in [0.25, 0.3) is 5.91 Å². The normalized spacial score (nSPS) is 20.6. The highest BCUT2D eigenvalue weighted by Gasteiger charge is 2.34. The fourth-order valence-corrected chi connectivity index (χ4v) is 4.09. The van der Waals surface area contributed by atoms with E-state index in [1.807, 2.05) is 30.3 Å². The standard InChI is InChI=1S/C21H31N3O2.ClH/c25-20(23-15-14-22-18-11-6-1-2-7-12-18)19-13-8-16-24(19)21(26)17-9-4-3-5-10-17;/h3-5,9-10,18-19,22H,1-2,6-8,11-16H2,(H,23,25);1H. The van der Waals surface area contributed by atoms with E-state index in [1.165, 1.54) is 38.5 Å². The number of carbonyl (C=O) groups is 2. The van der Waals surface area contributed by atoms with E-state index in [2.05, 4.69) is 10.6 Å². The van der Waals surface area contributed by atoms with Crippen LogP contribution in [0.25, 0.3) is 0 Å². The van der Waals surface area contributed by atoms with Crippen molar-refractivity contribution in [3.05, 3.63) is 35.9 Å². The molecule has 2 fully saturated rings. The van der Waals surface area contributed by atoms with Crippen molar-refractivity contribution in [2.24, 2.45) is 0 Å². The average molecular weight is 394 g/mol. The highest BCUT2D eigenvalue weighted by Crippen LogP contribution is 2.20. The second-order valence-corrected chi connectivity index (χ2v) is 7.46. The molecule has 1 unspecified atom stereocenters. The van der Waals surface area contributed by atoms with Crippen molar-refractivity contribution in [3.8, 4) is 0 Å². The number of hydrogen-bond acceptors (Lipinski definition) is 3. The molecule has 0 radical (unpaired) electrons. The molecule has 3 rings (SSSR count). The number of nitrogens with zero attached hydrogens (tertiary/aromatic N) is 1. The van der Waals surface area contributed by atoms with Gasteiger partial charge in [-0.2, -0.15) is 0 Å². The Kier molecular flexibility index (Phi) is 9.08. The van der Waals surface area contributed by atoms with Crippen LogP contribution in [0.3, 0.4) is 0 Å². The summed E-state index contributed by atoms with van der Waals surface area (Å²) >= 11 is 0. The van der Waals surface area contributed by atoms with Gasteiger partial charge in [0.15, 0.2) is 0 Å². The first kappa shape index (κ1) is 21.7. The van der Waals surface area contributed by atoms with E-state index in [0.717, 1.165) is 19.4 Å². The monoisotopic (exact) mass is 393 g/mol. The number of nitrogens with one attached hydrogen (secondary N) is 2. The zero-order valence-electron chi connectivity index (χ0n) is 16.0. The minimum atomic E-state index is -0.333. The Hall–Kier alpha value is -1.59. The molecule has 6 heteroatoms. The molecule has 27 heavy (non-hydrogen) atoms. The van der Waals surface area contributed by atoms with Crippen molar-refractivity contribution in [2.45, 2.75) is 63.5 Å². The Labute approximate surface area is 168 Å². The molecular formula is C21H32ClN3O2. The first-order valence-corrected chi connectivity index (χ1v) is 10.1. The third-order valence-electron chi connectivity index (χ3n) is 5.55. The maximum absolute atomic E-state index is 12.7. The zero-order chi connectivity index (χ0) is 18.2. The summed E-state index contributed by atoms with van der Waals surface area (Å²) in [5, 5.41) is 6.59. The first-order valence-electron chi connectivity index (χ1n) is 10.1. The summed E-state index contributed by atoms with van der Waals surface area (Å²) in [6, 6.07) is 9.50. The van der Waals surface area contributed by atoms with Gasteiger partial charge in [-0.1, -0.05) is 43.9 Å². The minimum absolute atomic E-state index is 0. The van der Waals surface area contributed by atoms with Gasteiger partial charge in [-0.3, -0.25) is 9.59 Å². The Morgan fingerprint density at radius 3 is 2.33 bits per heavy atom. The Bertz CT molecular complexity index is 588. The molecule has 2 amide bonds. The zero-order valence-corrected chi connectivity index (χ0v) is 16.8. The van der Waals surface area contributed by atoms with Crippen LogP contribution in [0.1, 0.15) is 61.7 Å². The lowest BCUT2D eigenvalue weighted by Gasteiger charge is -2.24. The van der Waals surface area contributed by atoms with Crippen molar-refractivity contribution in [2.75, 3.05) is 19.6 Å². The van der Waals surface area contributed by atoms with Crippen molar-refractivity contribution >= 4 is 24.2 Å². The average Bonchev–Trinajstić information content (AvgIpc) is 3.02. The van der Waals surface area contributed by atoms with Crippen LogP contribution in [0.15, 0.2) is 30.3 Å². The van der Waals surface area contributed by atoms with Crippen LogP contribution < -0.4 is 10.6 Å². The van der Waals surface area contributed by atoms with Crippen molar-refractivity contribution in [1.29, 1.82) is 0 Å². The molecule has 1 saturated heterocycles. The van der Waals surface area contributed by atoms with Crippen molar-refractivity contribution in [3.63, 3.8) is 0 Å². The lowest BCUT2D eigenvalue weighted by Crippen LogP contribution is -2.47. The van der Waals surface area contributed by atoms with Crippen LogP contribution in [0.5, 0.6) is 0 Å². The van der Waals surface area contributed by atoms with Gasteiger partial charge < -0.3 is 15.5 Å². The van der Waals surface area contributed by atoms with E-state index in [-0.39, 0.29) is 30.3 Å². The Morgan fingerprint density at radius 1 is 0.926 bits per heavy atom. The third kappa shape index (κ3) is 6.22. The molecule has 1 aromatic rings. The van der Waals surface area contributed by atoms with Crippen LogP contribution in [-0.2, 0) is 4.79 Å². The number of hydrogen-bond donors (Lipinski definition) is 2. The fraction of sp³-hybridized carbons (Fsp3) is 0.619. The molecule has 1 heterocycles. The molecule has 1 aliphatic carbocycles. The van der Waals surface area contributed by atoms with E-state index < -0.39 is 0 Å². The van der Waals surface area contributed by atoms with Gasteiger partial charge in [0.2, 0.25) is 5.91 Å². The Balaban J connectivity index is 0.00000261. The molecule has 5 nitrogen and oxygen atoms in total. The fourth-order valence-electron chi connectivity index (χ4n) is 4.09. The summed E-state index contributed by atoms with van der Waals surface area (Å²) in [5.74, 6) is -0.0609. The molecule has 0 aromatic heterocycles. The van der Waals surface area contributed by atoms with Gasteiger partial charge in [0.1, 0.15) is 6.04 Å². The molecule has 2 N–H and O–H groups in total. The molecule has 1 saturated carbocycles. The number of rotatable bonds is 6. The molecule has 150 valence electrons. The number of amides is 2.